The molecule has 4 rings (SSSR count). The predicted molar refractivity (Wildman–Crippen MR) is 94.0 cm³/mol. The van der Waals surface area contributed by atoms with Crippen LogP contribution >= 0.6 is 0 Å². The lowest BCUT2D eigenvalue weighted by molar-refractivity contribution is -0.133. The Labute approximate surface area is 146 Å². The number of amides is 1. The molecule has 2 aromatic heterocycles. The molecule has 1 amide bonds. The molecule has 7 nitrogen and oxygen atoms in total. The number of rotatable bonds is 3. The van der Waals surface area contributed by atoms with Gasteiger partial charge in [0.05, 0.1) is 23.7 Å². The molecule has 1 N–H and O–H groups in total. The van der Waals surface area contributed by atoms with Gasteiger partial charge in [0.15, 0.2) is 5.82 Å². The summed E-state index contributed by atoms with van der Waals surface area (Å²) in [4.78, 5) is 14.8. The van der Waals surface area contributed by atoms with Gasteiger partial charge in [0, 0.05) is 24.4 Å². The van der Waals surface area contributed by atoms with Crippen LogP contribution in [0.25, 0.3) is 10.9 Å². The molecule has 25 heavy (non-hydrogen) atoms. The van der Waals surface area contributed by atoms with E-state index >= 15 is 0 Å². The molecule has 3 aromatic rings. The zero-order chi connectivity index (χ0) is 17.6. The first-order valence-electron chi connectivity index (χ1n) is 8.70. The molecule has 7 heteroatoms. The fourth-order valence-electron chi connectivity index (χ4n) is 3.58. The van der Waals surface area contributed by atoms with Crippen LogP contribution in [0.2, 0.25) is 0 Å². The van der Waals surface area contributed by atoms with Gasteiger partial charge in [0.1, 0.15) is 5.82 Å². The highest BCUT2D eigenvalue weighted by Crippen LogP contribution is 2.27. The Morgan fingerprint density at radius 2 is 2.08 bits per heavy atom. The predicted octanol–water partition coefficient (Wildman–Crippen LogP) is 2.42. The quantitative estimate of drug-likeness (QED) is 0.795. The van der Waals surface area contributed by atoms with Crippen LogP contribution in [0.5, 0.6) is 0 Å². The Morgan fingerprint density at radius 1 is 1.28 bits per heavy atom. The van der Waals surface area contributed by atoms with Crippen LogP contribution in [0.1, 0.15) is 50.1 Å². The Kier molecular flexibility index (Phi) is 3.78. The zero-order valence-electron chi connectivity index (χ0n) is 14.7. The largest absolute Gasteiger partial charge is 0.331 e. The van der Waals surface area contributed by atoms with E-state index in [2.05, 4.69) is 38.8 Å². The smallest absolute Gasteiger partial charge is 0.229 e. The normalized spacial score (nSPS) is 17.3. The molecule has 0 aliphatic carbocycles. The summed E-state index contributed by atoms with van der Waals surface area (Å²) in [6.07, 6.45) is 0.316. The van der Waals surface area contributed by atoms with E-state index in [1.807, 2.05) is 36.1 Å². The third-order valence-electron chi connectivity index (χ3n) is 4.92. The molecule has 3 heterocycles. The van der Waals surface area contributed by atoms with Gasteiger partial charge in [0.25, 0.3) is 0 Å². The van der Waals surface area contributed by atoms with E-state index in [-0.39, 0.29) is 11.9 Å². The standard InChI is InChI=1S/C18H22N6O/c1-11(2)17-21-22-18-12(3)23(8-9-24(17)18)16(25)10-15-13-6-4-5-7-14(13)19-20-15/h4-7,11-12H,8-10H2,1-3H3,(H,19,20). The molecule has 1 atom stereocenters. The summed E-state index contributed by atoms with van der Waals surface area (Å²) in [5.41, 5.74) is 1.75. The maximum Gasteiger partial charge on any atom is 0.229 e. The van der Waals surface area contributed by atoms with Crippen molar-refractivity contribution in [2.45, 2.75) is 45.7 Å². The minimum absolute atomic E-state index is 0.0737. The van der Waals surface area contributed by atoms with Crippen molar-refractivity contribution in [3.8, 4) is 0 Å². The topological polar surface area (TPSA) is 79.7 Å². The van der Waals surface area contributed by atoms with Crippen LogP contribution in [0.3, 0.4) is 0 Å². The molecule has 0 saturated carbocycles. The van der Waals surface area contributed by atoms with Gasteiger partial charge in [-0.2, -0.15) is 5.10 Å². The maximum atomic E-state index is 12.9. The van der Waals surface area contributed by atoms with E-state index in [9.17, 15) is 4.79 Å². The molecule has 1 unspecified atom stereocenters. The lowest BCUT2D eigenvalue weighted by Crippen LogP contribution is -2.42. The summed E-state index contributed by atoms with van der Waals surface area (Å²) in [7, 11) is 0. The van der Waals surface area contributed by atoms with Gasteiger partial charge in [0.2, 0.25) is 5.91 Å². The average molecular weight is 338 g/mol. The summed E-state index contributed by atoms with van der Waals surface area (Å²) in [5, 5.41) is 16.9. The summed E-state index contributed by atoms with van der Waals surface area (Å²) in [6.45, 7) is 7.67. The number of nitrogens with zero attached hydrogens (tertiary/aromatic N) is 5. The average Bonchev–Trinajstić information content (AvgIpc) is 3.20. The second-order valence-corrected chi connectivity index (χ2v) is 6.88. The van der Waals surface area contributed by atoms with Gasteiger partial charge in [-0.3, -0.25) is 9.89 Å². The molecule has 0 saturated heterocycles. The number of aromatic amines is 1. The summed E-state index contributed by atoms with van der Waals surface area (Å²) >= 11 is 0. The number of aromatic nitrogens is 5. The number of hydrogen-bond acceptors (Lipinski definition) is 4. The first-order chi connectivity index (χ1) is 12.1. The molecule has 1 aliphatic heterocycles. The second-order valence-electron chi connectivity index (χ2n) is 6.88. The van der Waals surface area contributed by atoms with E-state index < -0.39 is 0 Å². The van der Waals surface area contributed by atoms with Gasteiger partial charge >= 0.3 is 0 Å². The SMILES string of the molecule is CC(C)c1nnc2n1CCN(C(=O)Cc1[nH]nc3ccccc13)C2C. The van der Waals surface area contributed by atoms with Crippen LogP contribution in [0, 0.1) is 0 Å². The van der Waals surface area contributed by atoms with Gasteiger partial charge in [-0.25, -0.2) is 0 Å². The third kappa shape index (κ3) is 2.59. The van der Waals surface area contributed by atoms with Gasteiger partial charge in [-0.15, -0.1) is 10.2 Å². The van der Waals surface area contributed by atoms with Crippen molar-refractivity contribution >= 4 is 16.8 Å². The Hall–Kier alpha value is -2.70. The Morgan fingerprint density at radius 3 is 2.88 bits per heavy atom. The number of para-hydroxylation sites is 1. The lowest BCUT2D eigenvalue weighted by atomic mass is 10.1. The third-order valence-corrected chi connectivity index (χ3v) is 4.92. The Bertz CT molecular complexity index is 925. The van der Waals surface area contributed by atoms with Crippen molar-refractivity contribution in [3.05, 3.63) is 41.6 Å². The van der Waals surface area contributed by atoms with Crippen LogP contribution in [0.15, 0.2) is 24.3 Å². The number of fused-ring (bicyclic) bond motifs is 2. The number of nitrogens with one attached hydrogen (secondary N) is 1. The zero-order valence-corrected chi connectivity index (χ0v) is 14.7. The number of carbonyl (C=O) groups excluding carboxylic acids is 1. The lowest BCUT2D eigenvalue weighted by Gasteiger charge is -2.34. The van der Waals surface area contributed by atoms with Crippen LogP contribution < -0.4 is 0 Å². The summed E-state index contributed by atoms with van der Waals surface area (Å²) < 4.78 is 2.16. The van der Waals surface area contributed by atoms with E-state index in [0.29, 0.717) is 18.9 Å². The van der Waals surface area contributed by atoms with Crippen molar-refractivity contribution < 1.29 is 4.79 Å². The van der Waals surface area contributed by atoms with E-state index in [1.165, 1.54) is 0 Å². The fourth-order valence-corrected chi connectivity index (χ4v) is 3.58. The molecular weight excluding hydrogens is 316 g/mol. The number of carbonyl (C=O) groups is 1. The molecular formula is C18H22N6O. The van der Waals surface area contributed by atoms with Crippen molar-refractivity contribution in [1.29, 1.82) is 0 Å². The van der Waals surface area contributed by atoms with Gasteiger partial charge in [-0.05, 0) is 13.0 Å². The van der Waals surface area contributed by atoms with Crippen LogP contribution in [-0.4, -0.2) is 42.3 Å². The summed E-state index contributed by atoms with van der Waals surface area (Å²) in [5.74, 6) is 2.28. The fraction of sp³-hybridized carbons (Fsp3) is 0.444. The van der Waals surface area contributed by atoms with Gasteiger partial charge < -0.3 is 9.47 Å². The number of hydrogen-bond donors (Lipinski definition) is 1. The highest BCUT2D eigenvalue weighted by Gasteiger charge is 2.31. The number of H-pyrrole nitrogens is 1. The minimum atomic E-state index is -0.0737. The summed E-state index contributed by atoms with van der Waals surface area (Å²) in [6, 6.07) is 7.77. The first-order valence-corrected chi connectivity index (χ1v) is 8.70. The molecule has 0 fully saturated rings. The van der Waals surface area contributed by atoms with Crippen molar-refractivity contribution in [2.75, 3.05) is 6.54 Å². The molecule has 1 aliphatic rings. The minimum Gasteiger partial charge on any atom is -0.331 e. The van der Waals surface area contributed by atoms with Crippen molar-refractivity contribution in [3.63, 3.8) is 0 Å². The van der Waals surface area contributed by atoms with Crippen molar-refractivity contribution in [2.24, 2.45) is 0 Å². The van der Waals surface area contributed by atoms with E-state index in [4.69, 9.17) is 0 Å². The van der Waals surface area contributed by atoms with Crippen LogP contribution in [0.4, 0.5) is 0 Å². The molecule has 1 aromatic carbocycles. The second kappa shape index (κ2) is 5.98. The van der Waals surface area contributed by atoms with Crippen LogP contribution in [-0.2, 0) is 17.8 Å². The first kappa shape index (κ1) is 15.8. The Balaban J connectivity index is 1.57. The molecule has 130 valence electrons. The molecule has 0 radical (unpaired) electrons. The highest BCUT2D eigenvalue weighted by molar-refractivity contribution is 5.87. The monoisotopic (exact) mass is 338 g/mol. The molecule has 0 spiro atoms. The maximum absolute atomic E-state index is 12.9. The van der Waals surface area contributed by atoms with Crippen molar-refractivity contribution in [1.82, 2.24) is 29.9 Å². The number of benzene rings is 1. The van der Waals surface area contributed by atoms with Gasteiger partial charge in [-0.1, -0.05) is 32.0 Å². The highest BCUT2D eigenvalue weighted by atomic mass is 16.2. The van der Waals surface area contributed by atoms with E-state index in [1.54, 1.807) is 0 Å². The molecule has 0 bridgehead atoms. The van der Waals surface area contributed by atoms with E-state index in [0.717, 1.165) is 34.8 Å².